The molecule has 0 saturated carbocycles. The minimum absolute atomic E-state index is 0.406. The Morgan fingerprint density at radius 1 is 1.43 bits per heavy atom. The molecule has 1 N–H and O–H groups in total. The van der Waals surface area contributed by atoms with Crippen LogP contribution in [0.2, 0.25) is 0 Å². The summed E-state index contributed by atoms with van der Waals surface area (Å²) in [5, 5.41) is 10.4. The molecule has 2 saturated heterocycles. The monoisotopic (exact) mass is 234 g/mol. The molecule has 3 nitrogen and oxygen atoms in total. The topological polar surface area (TPSA) is 26.7 Å². The second-order valence-electron chi connectivity index (χ2n) is 4.61. The molecule has 0 aromatic heterocycles. The van der Waals surface area contributed by atoms with E-state index in [0.717, 1.165) is 21.5 Å². The van der Waals surface area contributed by atoms with Crippen LogP contribution in [0.15, 0.2) is 0 Å². The quantitative estimate of drug-likeness (QED) is 0.719. The first-order valence-corrected chi connectivity index (χ1v) is 8.05. The van der Waals surface area contributed by atoms with Gasteiger partial charge in [0.1, 0.15) is 5.60 Å². The summed E-state index contributed by atoms with van der Waals surface area (Å²) in [5.74, 6) is 0. The van der Waals surface area contributed by atoms with Crippen LogP contribution < -0.4 is 0 Å². The van der Waals surface area contributed by atoms with Gasteiger partial charge in [-0.05, 0) is 28.3 Å². The second kappa shape index (κ2) is 4.31. The predicted molar refractivity (Wildman–Crippen MR) is 64.8 cm³/mol. The predicted octanol–water partition coefficient (Wildman–Crippen LogP) is 0.901. The number of likely N-dealkylation sites (tertiary alicyclic amines) is 1. The maximum Gasteiger partial charge on any atom is 0.106 e. The highest BCUT2D eigenvalue weighted by Gasteiger charge is 2.48. The molecule has 2 aliphatic rings. The van der Waals surface area contributed by atoms with E-state index in [4.69, 9.17) is 0 Å². The molecule has 2 aliphatic heterocycles. The number of hydrogen-bond acceptors (Lipinski definition) is 3. The zero-order chi connectivity index (χ0) is 10.2. The van der Waals surface area contributed by atoms with Gasteiger partial charge in [-0.2, -0.15) is 0 Å². The molecule has 2 fully saturated rings. The molecule has 0 bridgehead atoms. The zero-order valence-corrected chi connectivity index (χ0v) is 10.9. The first-order chi connectivity index (χ1) is 6.65. The van der Waals surface area contributed by atoms with Crippen molar-refractivity contribution in [2.45, 2.75) is 30.9 Å². The summed E-state index contributed by atoms with van der Waals surface area (Å²) in [5.41, 5.74) is -0.418. The van der Waals surface area contributed by atoms with Gasteiger partial charge in [0.05, 0.1) is 0 Å². The maximum absolute atomic E-state index is 10.4. The van der Waals surface area contributed by atoms with Gasteiger partial charge in [-0.3, -0.25) is 4.67 Å². The highest BCUT2D eigenvalue weighted by molar-refractivity contribution is 8.01. The van der Waals surface area contributed by atoms with E-state index in [1.807, 2.05) is 0 Å². The van der Waals surface area contributed by atoms with Gasteiger partial charge in [0, 0.05) is 25.7 Å². The molecular formula is C9H20N2OP2. The Kier molecular flexibility index (Phi) is 3.46. The Morgan fingerprint density at radius 3 is 2.71 bits per heavy atom. The van der Waals surface area contributed by atoms with Gasteiger partial charge in [0.2, 0.25) is 0 Å². The van der Waals surface area contributed by atoms with Crippen molar-refractivity contribution in [3.8, 4) is 0 Å². The van der Waals surface area contributed by atoms with Crippen LogP contribution in [-0.2, 0) is 0 Å². The van der Waals surface area contributed by atoms with E-state index in [-0.39, 0.29) is 0 Å². The van der Waals surface area contributed by atoms with Crippen LogP contribution in [-0.4, -0.2) is 53.0 Å². The molecule has 14 heavy (non-hydrogen) atoms. The van der Waals surface area contributed by atoms with Crippen LogP contribution in [0.4, 0.5) is 0 Å². The number of β-amino-alcohol motifs (C(OH)–C–C–N with tert-alkyl or cyclic N) is 1. The lowest BCUT2D eigenvalue weighted by Gasteiger charge is -2.53. The lowest BCUT2D eigenvalue weighted by Crippen LogP contribution is -2.69. The first kappa shape index (κ1) is 11.2. The van der Waals surface area contributed by atoms with Crippen molar-refractivity contribution in [3.05, 3.63) is 0 Å². The fourth-order valence-corrected chi connectivity index (χ4v) is 4.51. The second-order valence-corrected chi connectivity index (χ2v) is 6.22. The molecule has 0 amide bonds. The Bertz CT molecular complexity index is 209. The van der Waals surface area contributed by atoms with Gasteiger partial charge in [-0.1, -0.05) is 15.3 Å². The molecule has 0 spiro atoms. The summed E-state index contributed by atoms with van der Waals surface area (Å²) >= 11 is 0. The summed E-state index contributed by atoms with van der Waals surface area (Å²) in [7, 11) is 5.65. The lowest BCUT2D eigenvalue weighted by atomic mass is 9.82. The fraction of sp³-hybridized carbons (Fsp3) is 1.00. The largest absolute Gasteiger partial charge is 0.386 e. The Hall–Kier alpha value is 0.740. The molecule has 5 heteroatoms. The molecule has 82 valence electrons. The van der Waals surface area contributed by atoms with Crippen LogP contribution in [0.1, 0.15) is 19.3 Å². The summed E-state index contributed by atoms with van der Waals surface area (Å²) in [6, 6.07) is 0.406. The molecule has 0 aromatic carbocycles. The molecule has 2 heterocycles. The van der Waals surface area contributed by atoms with Crippen molar-refractivity contribution >= 4 is 17.3 Å². The number of piperidine rings is 1. The molecule has 3 atom stereocenters. The van der Waals surface area contributed by atoms with E-state index < -0.39 is 5.60 Å². The third-order valence-corrected chi connectivity index (χ3v) is 5.24. The van der Waals surface area contributed by atoms with Crippen molar-refractivity contribution in [3.63, 3.8) is 0 Å². The normalized spacial score (nSPS) is 34.9. The van der Waals surface area contributed by atoms with Crippen LogP contribution >= 0.6 is 17.3 Å². The average molecular weight is 234 g/mol. The van der Waals surface area contributed by atoms with Crippen molar-refractivity contribution in [2.75, 3.05) is 26.7 Å². The summed E-state index contributed by atoms with van der Waals surface area (Å²) in [6.45, 7) is 2.87. The van der Waals surface area contributed by atoms with Crippen molar-refractivity contribution in [1.82, 2.24) is 9.57 Å². The van der Waals surface area contributed by atoms with Crippen LogP contribution in [0.25, 0.3) is 0 Å². The molecule has 0 radical (unpaired) electrons. The van der Waals surface area contributed by atoms with E-state index in [2.05, 4.69) is 25.5 Å². The first-order valence-electron chi connectivity index (χ1n) is 5.29. The summed E-state index contributed by atoms with van der Waals surface area (Å²) in [6.07, 6.45) is 3.75. The highest BCUT2D eigenvalue weighted by Crippen LogP contribution is 2.40. The van der Waals surface area contributed by atoms with Crippen LogP contribution in [0.3, 0.4) is 0 Å². The number of aliphatic hydroxyl groups is 1. The van der Waals surface area contributed by atoms with Gasteiger partial charge >= 0.3 is 0 Å². The maximum atomic E-state index is 10.4. The minimum atomic E-state index is -0.418. The Balaban J connectivity index is 2.00. The van der Waals surface area contributed by atoms with Gasteiger partial charge in [0.25, 0.3) is 0 Å². The van der Waals surface area contributed by atoms with Crippen LogP contribution in [0.5, 0.6) is 0 Å². The third-order valence-electron chi connectivity index (χ3n) is 3.38. The smallest absolute Gasteiger partial charge is 0.106 e. The van der Waals surface area contributed by atoms with Gasteiger partial charge in [-0.15, -0.1) is 0 Å². The number of likely N-dealkylation sites (N-methyl/N-ethyl adjacent to an activating group) is 1. The standard InChI is InChI=1S/C9H20N2OP2/c1-10-6-9(12,7-10)8-4-2-3-5-11(8)14-13/h8,12,14H,2-7,13H2,1H3/t8-/m1/s1. The highest BCUT2D eigenvalue weighted by atomic mass is 32.0. The zero-order valence-electron chi connectivity index (χ0n) is 8.74. The SMILES string of the molecule is CN1CC(O)([C@H]2CCCCN2PP)C1. The van der Waals surface area contributed by atoms with E-state index >= 15 is 0 Å². The summed E-state index contributed by atoms with van der Waals surface area (Å²) in [4.78, 5) is 2.19. The van der Waals surface area contributed by atoms with E-state index in [1.54, 1.807) is 0 Å². The van der Waals surface area contributed by atoms with Crippen molar-refractivity contribution in [1.29, 1.82) is 0 Å². The average Bonchev–Trinajstić information content (AvgIpc) is 2.15. The van der Waals surface area contributed by atoms with Crippen LogP contribution in [0, 0.1) is 0 Å². The molecule has 2 unspecified atom stereocenters. The molecule has 0 aromatic rings. The summed E-state index contributed by atoms with van der Waals surface area (Å²) < 4.78 is 2.45. The lowest BCUT2D eigenvalue weighted by molar-refractivity contribution is -0.130. The molecule has 2 rings (SSSR count). The Morgan fingerprint density at radius 2 is 2.14 bits per heavy atom. The Labute approximate surface area is 90.2 Å². The molecule has 0 aliphatic carbocycles. The van der Waals surface area contributed by atoms with Gasteiger partial charge in [0.15, 0.2) is 0 Å². The number of rotatable bonds is 2. The van der Waals surface area contributed by atoms with Crippen molar-refractivity contribution < 1.29 is 5.11 Å². The van der Waals surface area contributed by atoms with E-state index in [0.29, 0.717) is 6.04 Å². The fourth-order valence-electron chi connectivity index (χ4n) is 2.74. The minimum Gasteiger partial charge on any atom is -0.386 e. The number of hydrogen-bond donors (Lipinski definition) is 1. The van der Waals surface area contributed by atoms with E-state index in [1.165, 1.54) is 25.8 Å². The number of nitrogens with zero attached hydrogens (tertiary/aromatic N) is 2. The third kappa shape index (κ3) is 1.99. The van der Waals surface area contributed by atoms with Gasteiger partial charge < -0.3 is 10.0 Å². The van der Waals surface area contributed by atoms with Crippen molar-refractivity contribution in [2.24, 2.45) is 0 Å². The van der Waals surface area contributed by atoms with E-state index in [9.17, 15) is 5.11 Å². The van der Waals surface area contributed by atoms with Gasteiger partial charge in [-0.25, -0.2) is 0 Å². The molecular weight excluding hydrogens is 214 g/mol.